The van der Waals surface area contributed by atoms with Gasteiger partial charge in [-0.25, -0.2) is 4.98 Å². The van der Waals surface area contributed by atoms with E-state index in [4.69, 9.17) is 5.73 Å². The van der Waals surface area contributed by atoms with Gasteiger partial charge in [0.25, 0.3) is 0 Å². The maximum atomic E-state index is 14.2. The fraction of sp³-hybridized carbons (Fsp3) is 0.639. The van der Waals surface area contributed by atoms with Gasteiger partial charge in [-0.05, 0) is 67.9 Å². The second-order valence-electron chi connectivity index (χ2n) is 14.6. The molecule has 3 unspecified atom stereocenters. The lowest BCUT2D eigenvalue weighted by Crippen LogP contribution is -2.56. The molecule has 1 aromatic heterocycles. The summed E-state index contributed by atoms with van der Waals surface area (Å²) in [5.74, 6) is 0.200. The number of rotatable bonds is 10. The molecule has 46 heavy (non-hydrogen) atoms. The average molecular weight is 651 g/mol. The Hall–Kier alpha value is -2.95. The van der Waals surface area contributed by atoms with Crippen LogP contribution in [-0.4, -0.2) is 76.1 Å². The summed E-state index contributed by atoms with van der Waals surface area (Å²) in [6.45, 7) is 11.0. The molecule has 3 fully saturated rings. The van der Waals surface area contributed by atoms with Crippen LogP contribution in [0.5, 0.6) is 0 Å². The molecule has 3 aliphatic rings. The number of nitrogens with one attached hydrogen (secondary N) is 2. The standard InChI is InChI=1S/C36H54N6O3S/c1-24-32(46-23-39-24)27-14-12-26(13-15-27)30(22-41-19-16-28(43)17-20-41)40-34(44)31-11-8-18-42(31)35(45)33(36(2,3)4)38-21-29(37)25-9-6-5-7-10-25/h12-15,21,23,25,28,30-31,33,38,43H,5-11,16-20,22,37H2,1-4H3,(H,40,44)/b29-21-. The van der Waals surface area contributed by atoms with Gasteiger partial charge in [-0.15, -0.1) is 11.3 Å². The first-order valence-electron chi connectivity index (χ1n) is 17.2. The molecule has 0 spiro atoms. The Morgan fingerprint density at radius 2 is 1.74 bits per heavy atom. The van der Waals surface area contributed by atoms with Crippen LogP contribution in [0.1, 0.15) is 95.9 Å². The van der Waals surface area contributed by atoms with Crippen LogP contribution in [0, 0.1) is 18.3 Å². The van der Waals surface area contributed by atoms with E-state index in [1.165, 1.54) is 19.3 Å². The van der Waals surface area contributed by atoms with Crippen molar-refractivity contribution in [2.24, 2.45) is 17.1 Å². The lowest BCUT2D eigenvalue weighted by molar-refractivity contribution is -0.142. The predicted octanol–water partition coefficient (Wildman–Crippen LogP) is 5.11. The van der Waals surface area contributed by atoms with Crippen LogP contribution in [-0.2, 0) is 9.59 Å². The highest BCUT2D eigenvalue weighted by molar-refractivity contribution is 7.13. The Bertz CT molecular complexity index is 1340. The highest BCUT2D eigenvalue weighted by Crippen LogP contribution is 2.31. The molecular formula is C36H54N6O3S. The number of carbonyl (C=O) groups excluding carboxylic acids is 2. The van der Waals surface area contributed by atoms with E-state index >= 15 is 0 Å². The highest BCUT2D eigenvalue weighted by atomic mass is 32.1. The molecule has 1 aliphatic carbocycles. The maximum Gasteiger partial charge on any atom is 0.246 e. The molecular weight excluding hydrogens is 597 g/mol. The lowest BCUT2D eigenvalue weighted by Gasteiger charge is -2.36. The number of aliphatic hydroxyl groups excluding tert-OH is 1. The maximum absolute atomic E-state index is 14.2. The number of piperidine rings is 1. The SMILES string of the molecule is Cc1ncsc1-c1ccc(C(CN2CCC(O)CC2)NC(=O)C2CCCN2C(=O)C(N/C=C(\N)C2CCCCC2)C(C)(C)C)cc1. The number of aromatic nitrogens is 1. The summed E-state index contributed by atoms with van der Waals surface area (Å²) >= 11 is 1.63. The quantitative estimate of drug-likeness (QED) is 0.282. The molecule has 9 nitrogen and oxygen atoms in total. The normalized spacial score (nSPS) is 22.1. The van der Waals surface area contributed by atoms with Gasteiger partial charge in [0.15, 0.2) is 0 Å². The third-order valence-corrected chi connectivity index (χ3v) is 11.1. The predicted molar refractivity (Wildman–Crippen MR) is 185 cm³/mol. The molecule has 2 aromatic rings. The van der Waals surface area contributed by atoms with Crippen molar-refractivity contribution in [1.29, 1.82) is 0 Å². The molecule has 5 rings (SSSR count). The molecule has 2 saturated heterocycles. The van der Waals surface area contributed by atoms with Crippen LogP contribution < -0.4 is 16.4 Å². The average Bonchev–Trinajstić information content (AvgIpc) is 3.71. The Morgan fingerprint density at radius 3 is 2.37 bits per heavy atom. The first-order valence-corrected chi connectivity index (χ1v) is 18.1. The molecule has 1 saturated carbocycles. The van der Waals surface area contributed by atoms with Gasteiger partial charge in [0.1, 0.15) is 12.1 Å². The number of aliphatic hydroxyl groups is 1. The van der Waals surface area contributed by atoms with E-state index in [0.717, 1.165) is 72.6 Å². The highest BCUT2D eigenvalue weighted by Gasteiger charge is 2.41. The van der Waals surface area contributed by atoms with Crippen LogP contribution in [0.25, 0.3) is 10.4 Å². The minimum atomic E-state index is -0.524. The van der Waals surface area contributed by atoms with Gasteiger partial charge in [0, 0.05) is 38.1 Å². The van der Waals surface area contributed by atoms with Gasteiger partial charge in [0.2, 0.25) is 11.8 Å². The van der Waals surface area contributed by atoms with E-state index in [0.29, 0.717) is 25.4 Å². The zero-order chi connectivity index (χ0) is 32.8. The molecule has 1 aromatic carbocycles. The third kappa shape index (κ3) is 8.49. The molecule has 252 valence electrons. The molecule has 2 amide bonds. The molecule has 2 aliphatic heterocycles. The molecule has 3 heterocycles. The fourth-order valence-corrected chi connectivity index (χ4v) is 8.01. The Morgan fingerprint density at radius 1 is 1.04 bits per heavy atom. The third-order valence-electron chi connectivity index (χ3n) is 10.1. The van der Waals surface area contributed by atoms with Gasteiger partial charge < -0.3 is 31.3 Å². The van der Waals surface area contributed by atoms with E-state index in [2.05, 4.69) is 65.6 Å². The van der Waals surface area contributed by atoms with Crippen LogP contribution in [0.3, 0.4) is 0 Å². The van der Waals surface area contributed by atoms with E-state index in [1.807, 2.05) is 18.6 Å². The summed E-state index contributed by atoms with van der Waals surface area (Å²) < 4.78 is 0. The number of nitrogens with zero attached hydrogens (tertiary/aromatic N) is 3. The fourth-order valence-electron chi connectivity index (χ4n) is 7.20. The number of hydrogen-bond acceptors (Lipinski definition) is 8. The minimum absolute atomic E-state index is 0.0521. The van der Waals surface area contributed by atoms with Crippen molar-refractivity contribution in [2.45, 2.75) is 110 Å². The Labute approximate surface area is 279 Å². The lowest BCUT2D eigenvalue weighted by atomic mass is 9.85. The van der Waals surface area contributed by atoms with Gasteiger partial charge in [-0.1, -0.05) is 64.3 Å². The molecule has 5 N–H and O–H groups in total. The Balaban J connectivity index is 1.31. The number of amides is 2. The summed E-state index contributed by atoms with van der Waals surface area (Å²) in [5, 5.41) is 16.8. The van der Waals surface area contributed by atoms with Crippen molar-refractivity contribution in [1.82, 2.24) is 25.4 Å². The summed E-state index contributed by atoms with van der Waals surface area (Å²) in [6.07, 6.45) is 10.3. The van der Waals surface area contributed by atoms with Gasteiger partial charge >= 0.3 is 0 Å². The number of likely N-dealkylation sites (tertiary alicyclic amines) is 2. The molecule has 0 radical (unpaired) electrons. The summed E-state index contributed by atoms with van der Waals surface area (Å²) in [6, 6.07) is 7.13. The number of thiazole rings is 1. The van der Waals surface area contributed by atoms with Gasteiger partial charge in [-0.3, -0.25) is 9.59 Å². The van der Waals surface area contributed by atoms with Crippen molar-refractivity contribution in [3.05, 3.63) is 52.9 Å². The number of benzene rings is 1. The van der Waals surface area contributed by atoms with Gasteiger partial charge in [0.05, 0.1) is 28.2 Å². The monoisotopic (exact) mass is 650 g/mol. The van der Waals surface area contributed by atoms with Gasteiger partial charge in [-0.2, -0.15) is 0 Å². The van der Waals surface area contributed by atoms with Crippen molar-refractivity contribution < 1.29 is 14.7 Å². The summed E-state index contributed by atoms with van der Waals surface area (Å²) in [4.78, 5) is 37.9. The van der Waals surface area contributed by atoms with E-state index in [9.17, 15) is 14.7 Å². The molecule has 0 bridgehead atoms. The number of nitrogens with two attached hydrogens (primary N) is 1. The first kappa shape index (κ1) is 34.4. The van der Waals surface area contributed by atoms with Crippen molar-refractivity contribution >= 4 is 23.2 Å². The van der Waals surface area contributed by atoms with Crippen molar-refractivity contribution in [2.75, 3.05) is 26.2 Å². The topological polar surface area (TPSA) is 124 Å². The molecule has 3 atom stereocenters. The van der Waals surface area contributed by atoms with Crippen molar-refractivity contribution in [3.63, 3.8) is 0 Å². The van der Waals surface area contributed by atoms with Crippen LogP contribution in [0.4, 0.5) is 0 Å². The number of allylic oxidation sites excluding steroid dienone is 1. The second kappa shape index (κ2) is 15.3. The minimum Gasteiger partial charge on any atom is -0.401 e. The van der Waals surface area contributed by atoms with E-state index in [-0.39, 0.29) is 29.4 Å². The molecule has 10 heteroatoms. The van der Waals surface area contributed by atoms with Crippen LogP contribution in [0.2, 0.25) is 0 Å². The number of carbonyl (C=O) groups is 2. The van der Waals surface area contributed by atoms with E-state index < -0.39 is 12.1 Å². The largest absolute Gasteiger partial charge is 0.401 e. The zero-order valence-electron chi connectivity index (χ0n) is 28.1. The number of aryl methyl sites for hydroxylation is 1. The number of hydrogen-bond donors (Lipinski definition) is 4. The smallest absolute Gasteiger partial charge is 0.246 e. The first-order chi connectivity index (χ1) is 22.0. The van der Waals surface area contributed by atoms with Crippen LogP contribution in [0.15, 0.2) is 41.7 Å². The van der Waals surface area contributed by atoms with Crippen molar-refractivity contribution in [3.8, 4) is 10.4 Å². The Kier molecular flexibility index (Phi) is 11.4. The summed E-state index contributed by atoms with van der Waals surface area (Å²) in [7, 11) is 0. The van der Waals surface area contributed by atoms with Crippen LogP contribution >= 0.6 is 11.3 Å². The second-order valence-corrected chi connectivity index (χ2v) is 15.5. The van der Waals surface area contributed by atoms with E-state index in [1.54, 1.807) is 16.2 Å². The zero-order valence-corrected chi connectivity index (χ0v) is 29.0. The summed E-state index contributed by atoms with van der Waals surface area (Å²) in [5.41, 5.74) is 12.0.